The van der Waals surface area contributed by atoms with E-state index in [9.17, 15) is 14.7 Å². The first-order valence-corrected chi connectivity index (χ1v) is 9.94. The van der Waals surface area contributed by atoms with Crippen LogP contribution < -0.4 is 15.9 Å². The molecule has 1 amide bonds. The van der Waals surface area contributed by atoms with E-state index in [1.165, 1.54) is 22.7 Å². The molecule has 0 aliphatic carbocycles. The summed E-state index contributed by atoms with van der Waals surface area (Å²) in [6.45, 7) is 3.56. The fraction of sp³-hybridized carbons (Fsp3) is 0.273. The van der Waals surface area contributed by atoms with E-state index in [0.717, 1.165) is 37.9 Å². The number of rotatable bonds is 4. The van der Waals surface area contributed by atoms with Gasteiger partial charge in [-0.15, -0.1) is 0 Å². The van der Waals surface area contributed by atoms with Crippen molar-refractivity contribution < 1.29 is 9.90 Å². The number of fused-ring (bicyclic) bond motifs is 1. The number of carbonyl (C=O) groups is 1. The number of phenolic OH excluding ortho intramolecular Hbond substituents is 1. The Kier molecular flexibility index (Phi) is 5.47. The van der Waals surface area contributed by atoms with Crippen molar-refractivity contribution >= 4 is 23.6 Å². The van der Waals surface area contributed by atoms with E-state index < -0.39 is 5.91 Å². The maximum Gasteiger partial charge on any atom is 0.275 e. The molecule has 2 aromatic heterocycles. The van der Waals surface area contributed by atoms with Gasteiger partial charge in [0.05, 0.1) is 11.8 Å². The Morgan fingerprint density at radius 2 is 1.93 bits per heavy atom. The van der Waals surface area contributed by atoms with Gasteiger partial charge in [-0.1, -0.05) is 18.2 Å². The molecule has 8 heteroatoms. The number of nitrogens with zero attached hydrogens (tertiary/aromatic N) is 4. The zero-order valence-electron chi connectivity index (χ0n) is 16.7. The largest absolute Gasteiger partial charge is 0.507 e. The molecule has 30 heavy (non-hydrogen) atoms. The van der Waals surface area contributed by atoms with E-state index in [1.807, 2.05) is 13.0 Å². The molecule has 0 saturated carbocycles. The molecule has 1 aromatic carbocycles. The number of carbonyl (C=O) groups excluding carboxylic acids is 1. The minimum absolute atomic E-state index is 0.106. The number of aryl methyl sites for hydroxylation is 1. The van der Waals surface area contributed by atoms with Gasteiger partial charge >= 0.3 is 0 Å². The van der Waals surface area contributed by atoms with Crippen molar-refractivity contribution in [3.05, 3.63) is 69.6 Å². The Bertz CT molecular complexity index is 1180. The lowest BCUT2D eigenvalue weighted by Gasteiger charge is -2.29. The van der Waals surface area contributed by atoms with Crippen LogP contribution in [0.3, 0.4) is 0 Å². The minimum atomic E-state index is -0.562. The molecule has 3 aromatic rings. The second-order valence-corrected chi connectivity index (χ2v) is 7.30. The predicted molar refractivity (Wildman–Crippen MR) is 115 cm³/mol. The molecule has 1 fully saturated rings. The van der Waals surface area contributed by atoms with Crippen LogP contribution in [0.25, 0.3) is 5.65 Å². The average Bonchev–Trinajstić information content (AvgIpc) is 2.76. The molecule has 0 radical (unpaired) electrons. The van der Waals surface area contributed by atoms with Crippen molar-refractivity contribution in [2.75, 3.05) is 18.0 Å². The van der Waals surface area contributed by atoms with Crippen molar-refractivity contribution in [2.24, 2.45) is 5.10 Å². The average molecular weight is 405 g/mol. The summed E-state index contributed by atoms with van der Waals surface area (Å²) >= 11 is 0. The lowest BCUT2D eigenvalue weighted by molar-refractivity contribution is 0.0952. The van der Waals surface area contributed by atoms with E-state index in [2.05, 4.69) is 15.4 Å². The number of phenols is 1. The standard InChI is InChI=1S/C22H23N5O3/c1-15-8-7-13-27-19(15)24-20(26-11-5-2-6-12-26)17(22(27)30)14-23-25-21(29)16-9-3-4-10-18(16)28/h3-4,7-10,13-14,28H,2,5-6,11-12H2,1H3,(H,25,29)/b23-14-. The highest BCUT2D eigenvalue weighted by atomic mass is 16.3. The summed E-state index contributed by atoms with van der Waals surface area (Å²) in [4.78, 5) is 32.4. The lowest BCUT2D eigenvalue weighted by Crippen LogP contribution is -2.34. The molecule has 1 aliphatic rings. The maximum absolute atomic E-state index is 13.2. The molecule has 4 rings (SSSR count). The monoisotopic (exact) mass is 405 g/mol. The second-order valence-electron chi connectivity index (χ2n) is 7.30. The number of aromatic nitrogens is 2. The fourth-order valence-electron chi connectivity index (χ4n) is 3.64. The summed E-state index contributed by atoms with van der Waals surface area (Å²) in [5.74, 6) is -0.120. The van der Waals surface area contributed by atoms with E-state index in [1.54, 1.807) is 24.4 Å². The number of nitrogens with one attached hydrogen (secondary N) is 1. The van der Waals surface area contributed by atoms with Crippen molar-refractivity contribution in [1.29, 1.82) is 0 Å². The van der Waals surface area contributed by atoms with Crippen LogP contribution in [0, 0.1) is 6.92 Å². The van der Waals surface area contributed by atoms with Gasteiger partial charge in [-0.05, 0) is 49.9 Å². The van der Waals surface area contributed by atoms with Crippen LogP contribution in [0.15, 0.2) is 52.5 Å². The smallest absolute Gasteiger partial charge is 0.275 e. The predicted octanol–water partition coefficient (Wildman–Crippen LogP) is 2.46. The Hall–Kier alpha value is -3.68. The van der Waals surface area contributed by atoms with Crippen molar-refractivity contribution in [3.63, 3.8) is 0 Å². The van der Waals surface area contributed by atoms with Crippen LogP contribution in [-0.4, -0.2) is 39.7 Å². The van der Waals surface area contributed by atoms with Crippen LogP contribution in [0.4, 0.5) is 5.82 Å². The van der Waals surface area contributed by atoms with Crippen LogP contribution >= 0.6 is 0 Å². The molecule has 154 valence electrons. The Morgan fingerprint density at radius 1 is 1.17 bits per heavy atom. The van der Waals surface area contributed by atoms with Crippen LogP contribution in [0.1, 0.15) is 40.7 Å². The molecule has 3 heterocycles. The van der Waals surface area contributed by atoms with Crippen LogP contribution in [0.2, 0.25) is 0 Å². The zero-order chi connectivity index (χ0) is 21.1. The minimum Gasteiger partial charge on any atom is -0.507 e. The van der Waals surface area contributed by atoms with Gasteiger partial charge in [-0.2, -0.15) is 5.10 Å². The van der Waals surface area contributed by atoms with Gasteiger partial charge in [0.15, 0.2) is 0 Å². The molecule has 0 spiro atoms. The van der Waals surface area contributed by atoms with Crippen LogP contribution in [0.5, 0.6) is 5.75 Å². The van der Waals surface area contributed by atoms with E-state index in [4.69, 9.17) is 4.98 Å². The lowest BCUT2D eigenvalue weighted by atomic mass is 10.1. The summed E-state index contributed by atoms with van der Waals surface area (Å²) in [6.07, 6.45) is 6.24. The molecule has 8 nitrogen and oxygen atoms in total. The highest BCUT2D eigenvalue weighted by molar-refractivity contribution is 5.97. The number of anilines is 1. The first kappa shape index (κ1) is 19.6. The quantitative estimate of drug-likeness (QED) is 0.513. The zero-order valence-corrected chi connectivity index (χ0v) is 16.7. The Labute approximate surface area is 173 Å². The van der Waals surface area contributed by atoms with Crippen LogP contribution in [-0.2, 0) is 0 Å². The SMILES string of the molecule is Cc1cccn2c(=O)c(/C=N\NC(=O)c3ccccc3O)c(N3CCCCC3)nc12. The topological polar surface area (TPSA) is 99.3 Å². The molecule has 0 bridgehead atoms. The van der Waals surface area contributed by atoms with Gasteiger partial charge in [0.1, 0.15) is 22.8 Å². The highest BCUT2D eigenvalue weighted by Crippen LogP contribution is 2.21. The third-order valence-electron chi connectivity index (χ3n) is 5.23. The molecule has 1 saturated heterocycles. The number of hydrogen-bond donors (Lipinski definition) is 2. The number of para-hydroxylation sites is 1. The second kappa shape index (κ2) is 8.36. The molecule has 1 aliphatic heterocycles. The summed E-state index contributed by atoms with van der Waals surface area (Å²) < 4.78 is 1.50. The van der Waals surface area contributed by atoms with Gasteiger partial charge < -0.3 is 10.0 Å². The van der Waals surface area contributed by atoms with Gasteiger partial charge in [-0.25, -0.2) is 10.4 Å². The Balaban J connectivity index is 1.72. The van der Waals surface area contributed by atoms with E-state index in [0.29, 0.717) is 17.0 Å². The fourth-order valence-corrected chi connectivity index (χ4v) is 3.64. The number of aromatic hydroxyl groups is 1. The highest BCUT2D eigenvalue weighted by Gasteiger charge is 2.20. The van der Waals surface area contributed by atoms with Crippen molar-refractivity contribution in [2.45, 2.75) is 26.2 Å². The summed E-state index contributed by atoms with van der Waals surface area (Å²) in [5.41, 5.74) is 4.08. The van der Waals surface area contributed by atoms with Crippen molar-refractivity contribution in [3.8, 4) is 5.75 Å². The summed E-state index contributed by atoms with van der Waals surface area (Å²) in [7, 11) is 0. The van der Waals surface area contributed by atoms with Gasteiger partial charge in [0.25, 0.3) is 11.5 Å². The van der Waals surface area contributed by atoms with Gasteiger partial charge in [0.2, 0.25) is 0 Å². The summed E-state index contributed by atoms with van der Waals surface area (Å²) in [5, 5.41) is 13.8. The third kappa shape index (κ3) is 3.76. The first-order valence-electron chi connectivity index (χ1n) is 9.94. The number of hydrazone groups is 1. The molecule has 0 unspecified atom stereocenters. The van der Waals surface area contributed by atoms with E-state index >= 15 is 0 Å². The number of pyridine rings is 1. The molecular formula is C22H23N5O3. The number of amides is 1. The number of benzene rings is 1. The molecule has 2 N–H and O–H groups in total. The maximum atomic E-state index is 13.2. The molecule has 0 atom stereocenters. The van der Waals surface area contributed by atoms with E-state index in [-0.39, 0.29) is 16.9 Å². The third-order valence-corrected chi connectivity index (χ3v) is 5.23. The molecular weight excluding hydrogens is 382 g/mol. The first-order chi connectivity index (χ1) is 14.6. The summed E-state index contributed by atoms with van der Waals surface area (Å²) in [6, 6.07) is 9.91. The Morgan fingerprint density at radius 3 is 2.70 bits per heavy atom. The normalized spacial score (nSPS) is 14.4. The van der Waals surface area contributed by atoms with Gasteiger partial charge in [0, 0.05) is 19.3 Å². The van der Waals surface area contributed by atoms with Crippen molar-refractivity contribution in [1.82, 2.24) is 14.8 Å². The number of piperidine rings is 1. The van der Waals surface area contributed by atoms with Gasteiger partial charge in [-0.3, -0.25) is 14.0 Å². The number of hydrogen-bond acceptors (Lipinski definition) is 6.